The number of nitrogens with zero attached hydrogens (tertiary/aromatic N) is 2. The average molecular weight is 451 g/mol. The fraction of sp³-hybridized carbons (Fsp3) is 0.375. The minimum absolute atomic E-state index is 0.0437. The van der Waals surface area contributed by atoms with Crippen molar-refractivity contribution >= 4 is 44.3 Å². The van der Waals surface area contributed by atoms with Gasteiger partial charge in [-0.05, 0) is 79.3 Å². The number of thioether (sulfide) groups is 1. The van der Waals surface area contributed by atoms with E-state index in [1.54, 1.807) is 29.0 Å². The summed E-state index contributed by atoms with van der Waals surface area (Å²) in [6.45, 7) is 0. The Kier molecular flexibility index (Phi) is 4.58. The van der Waals surface area contributed by atoms with Gasteiger partial charge in [-0.15, -0.1) is 11.3 Å². The first kappa shape index (κ1) is 19.3. The molecule has 0 saturated heterocycles. The maximum absolute atomic E-state index is 13.1. The lowest BCUT2D eigenvalue weighted by molar-refractivity contribution is 0.559. The van der Waals surface area contributed by atoms with Gasteiger partial charge in [-0.25, -0.2) is 9.78 Å². The Morgan fingerprint density at radius 3 is 2.74 bits per heavy atom. The van der Waals surface area contributed by atoms with E-state index in [2.05, 4.69) is 6.07 Å². The zero-order chi connectivity index (χ0) is 21.1. The second-order valence-corrected chi connectivity index (χ2v) is 10.5. The van der Waals surface area contributed by atoms with E-state index in [1.807, 2.05) is 6.07 Å². The first-order valence-electron chi connectivity index (χ1n) is 10.8. The molecule has 0 amide bonds. The van der Waals surface area contributed by atoms with Gasteiger partial charge < -0.3 is 4.42 Å². The monoisotopic (exact) mass is 450 g/mol. The van der Waals surface area contributed by atoms with E-state index in [-0.39, 0.29) is 11.2 Å². The third-order valence-electron chi connectivity index (χ3n) is 6.55. The number of hydrogen-bond donors (Lipinski definition) is 0. The van der Waals surface area contributed by atoms with Crippen molar-refractivity contribution in [2.24, 2.45) is 7.05 Å². The van der Waals surface area contributed by atoms with Gasteiger partial charge in [-0.1, -0.05) is 11.8 Å². The Morgan fingerprint density at radius 2 is 1.87 bits per heavy atom. The molecule has 0 fully saturated rings. The quantitative estimate of drug-likeness (QED) is 0.256. The van der Waals surface area contributed by atoms with Crippen molar-refractivity contribution in [3.63, 3.8) is 0 Å². The molecular formula is C24H22N2O3S2. The molecule has 1 aromatic carbocycles. The van der Waals surface area contributed by atoms with Crippen molar-refractivity contribution in [3.05, 3.63) is 66.1 Å². The van der Waals surface area contributed by atoms with Gasteiger partial charge >= 0.3 is 5.63 Å². The number of hydrogen-bond acceptors (Lipinski definition) is 6. The van der Waals surface area contributed by atoms with Crippen LogP contribution in [0.15, 0.2) is 37.4 Å². The summed E-state index contributed by atoms with van der Waals surface area (Å²) < 4.78 is 7.16. The van der Waals surface area contributed by atoms with Crippen molar-refractivity contribution in [2.75, 3.05) is 0 Å². The number of aryl methyl sites for hydroxylation is 4. The summed E-state index contributed by atoms with van der Waals surface area (Å²) in [6.07, 6.45) is 7.64. The van der Waals surface area contributed by atoms with E-state index in [0.29, 0.717) is 16.5 Å². The molecule has 0 atom stereocenters. The van der Waals surface area contributed by atoms with Crippen LogP contribution in [0.2, 0.25) is 0 Å². The van der Waals surface area contributed by atoms with Crippen LogP contribution in [-0.2, 0) is 38.5 Å². The SMILES string of the molecule is Cn1c(SCc2cc(=O)oc3cc4c(cc23)CCC4)nc2sc3c(c2c1=O)CCCC3. The van der Waals surface area contributed by atoms with Crippen LogP contribution in [0.3, 0.4) is 0 Å². The van der Waals surface area contributed by atoms with Crippen LogP contribution in [0.5, 0.6) is 0 Å². The van der Waals surface area contributed by atoms with Gasteiger partial charge in [0.25, 0.3) is 5.56 Å². The molecule has 2 aliphatic carbocycles. The molecule has 0 radical (unpaired) electrons. The highest BCUT2D eigenvalue weighted by Gasteiger charge is 2.22. The van der Waals surface area contributed by atoms with Crippen LogP contribution >= 0.6 is 23.1 Å². The Hall–Kier alpha value is -2.38. The molecule has 5 nitrogen and oxygen atoms in total. The summed E-state index contributed by atoms with van der Waals surface area (Å²) in [7, 11) is 1.80. The van der Waals surface area contributed by atoms with Crippen molar-refractivity contribution < 1.29 is 4.42 Å². The standard InChI is InChI=1S/C24H22N2O3S2/c1-26-23(28)21-16-7-2-3-8-19(16)31-22(21)25-24(26)30-12-15-11-20(27)29-18-10-14-6-4-5-13(14)9-17(15)18/h9-11H,2-8,12H2,1H3. The molecule has 0 unspecified atom stereocenters. The van der Waals surface area contributed by atoms with Crippen molar-refractivity contribution in [1.82, 2.24) is 9.55 Å². The molecule has 3 heterocycles. The van der Waals surface area contributed by atoms with E-state index in [1.165, 1.54) is 39.8 Å². The summed E-state index contributed by atoms with van der Waals surface area (Å²) >= 11 is 3.18. The number of rotatable bonds is 3. The van der Waals surface area contributed by atoms with E-state index in [9.17, 15) is 9.59 Å². The lowest BCUT2D eigenvalue weighted by atomic mass is 9.97. The van der Waals surface area contributed by atoms with Gasteiger partial charge in [-0.3, -0.25) is 9.36 Å². The van der Waals surface area contributed by atoms with Gasteiger partial charge in [0.1, 0.15) is 10.4 Å². The molecule has 7 heteroatoms. The van der Waals surface area contributed by atoms with Crippen molar-refractivity contribution in [2.45, 2.75) is 55.9 Å². The van der Waals surface area contributed by atoms with Crippen LogP contribution in [0, 0.1) is 0 Å². The maximum atomic E-state index is 13.1. The second kappa shape index (κ2) is 7.35. The van der Waals surface area contributed by atoms with Crippen LogP contribution in [0.1, 0.15) is 46.4 Å². The molecule has 6 rings (SSSR count). The highest BCUT2D eigenvalue weighted by Crippen LogP contribution is 2.35. The van der Waals surface area contributed by atoms with E-state index < -0.39 is 0 Å². The Labute approximate surface area is 187 Å². The predicted octanol–water partition coefficient (Wildman–Crippen LogP) is 4.76. The summed E-state index contributed by atoms with van der Waals surface area (Å²) in [5.41, 5.74) is 5.17. The van der Waals surface area contributed by atoms with E-state index >= 15 is 0 Å². The third-order valence-corrected chi connectivity index (χ3v) is 8.82. The largest absolute Gasteiger partial charge is 0.423 e. The average Bonchev–Trinajstić information content (AvgIpc) is 3.37. The number of benzene rings is 1. The molecule has 0 aliphatic heterocycles. The lowest BCUT2D eigenvalue weighted by Gasteiger charge is -2.11. The normalized spacial score (nSPS) is 15.5. The Morgan fingerprint density at radius 1 is 1.06 bits per heavy atom. The zero-order valence-corrected chi connectivity index (χ0v) is 19.0. The highest BCUT2D eigenvalue weighted by molar-refractivity contribution is 7.98. The molecule has 31 heavy (non-hydrogen) atoms. The lowest BCUT2D eigenvalue weighted by Crippen LogP contribution is -2.20. The molecule has 0 N–H and O–H groups in total. The Bertz CT molecular complexity index is 1480. The van der Waals surface area contributed by atoms with Crippen LogP contribution in [-0.4, -0.2) is 9.55 Å². The number of thiophene rings is 1. The summed E-state index contributed by atoms with van der Waals surface area (Å²) in [5, 5.41) is 2.50. The first-order valence-corrected chi connectivity index (χ1v) is 12.6. The fourth-order valence-corrected chi connectivity index (χ4v) is 7.22. The van der Waals surface area contributed by atoms with Crippen LogP contribution in [0.25, 0.3) is 21.2 Å². The minimum atomic E-state index is -0.329. The molecular weight excluding hydrogens is 428 g/mol. The number of fused-ring (bicyclic) bond motifs is 5. The highest BCUT2D eigenvalue weighted by atomic mass is 32.2. The molecule has 2 aliphatic rings. The van der Waals surface area contributed by atoms with Crippen molar-refractivity contribution in [3.8, 4) is 0 Å². The maximum Gasteiger partial charge on any atom is 0.336 e. The van der Waals surface area contributed by atoms with Crippen LogP contribution < -0.4 is 11.2 Å². The van der Waals surface area contributed by atoms with Gasteiger partial charge in [0.15, 0.2) is 5.16 Å². The van der Waals surface area contributed by atoms with Gasteiger partial charge in [0.05, 0.1) is 5.39 Å². The van der Waals surface area contributed by atoms with Gasteiger partial charge in [0, 0.05) is 29.1 Å². The number of aromatic nitrogens is 2. The fourth-order valence-electron chi connectivity index (χ4n) is 4.95. The predicted molar refractivity (Wildman–Crippen MR) is 126 cm³/mol. The molecule has 3 aromatic heterocycles. The first-order chi connectivity index (χ1) is 15.1. The third kappa shape index (κ3) is 3.17. The molecule has 158 valence electrons. The second-order valence-electron chi connectivity index (χ2n) is 8.50. The topological polar surface area (TPSA) is 65.1 Å². The molecule has 4 aromatic rings. The van der Waals surface area contributed by atoms with Gasteiger partial charge in [0.2, 0.25) is 0 Å². The summed E-state index contributed by atoms with van der Waals surface area (Å²) in [4.78, 5) is 32.4. The van der Waals surface area contributed by atoms with E-state index in [0.717, 1.165) is 59.7 Å². The summed E-state index contributed by atoms with van der Waals surface area (Å²) in [6, 6.07) is 5.79. The summed E-state index contributed by atoms with van der Waals surface area (Å²) in [5.74, 6) is 0.567. The molecule has 0 bridgehead atoms. The smallest absolute Gasteiger partial charge is 0.336 e. The molecule has 0 spiro atoms. The Balaban J connectivity index is 1.40. The molecule has 0 saturated carbocycles. The zero-order valence-electron chi connectivity index (χ0n) is 17.3. The van der Waals surface area contributed by atoms with Crippen LogP contribution in [0.4, 0.5) is 0 Å². The van der Waals surface area contributed by atoms with Crippen molar-refractivity contribution in [1.29, 1.82) is 0 Å². The van der Waals surface area contributed by atoms with E-state index in [4.69, 9.17) is 9.40 Å². The minimum Gasteiger partial charge on any atom is -0.423 e. The van der Waals surface area contributed by atoms with Gasteiger partial charge in [-0.2, -0.15) is 0 Å².